The summed E-state index contributed by atoms with van der Waals surface area (Å²) in [7, 11) is 0. The summed E-state index contributed by atoms with van der Waals surface area (Å²) in [5.74, 6) is -1.12. The number of nitrogens with zero attached hydrogens (tertiary/aromatic N) is 4. The van der Waals surface area contributed by atoms with Gasteiger partial charge in [0.05, 0.1) is 21.8 Å². The largest absolute Gasteiger partial charge is 0.480 e. The number of hydrogen-bond acceptors (Lipinski definition) is 4. The van der Waals surface area contributed by atoms with E-state index in [1.807, 2.05) is 35.8 Å². The van der Waals surface area contributed by atoms with E-state index in [0.717, 1.165) is 27.7 Å². The molecule has 0 spiro atoms. The number of aryl methyl sites for hydroxylation is 2. The first-order valence-corrected chi connectivity index (χ1v) is 13.6. The van der Waals surface area contributed by atoms with E-state index >= 15 is 0 Å². The Kier molecular flexibility index (Phi) is 6.62. The lowest BCUT2D eigenvalue weighted by Gasteiger charge is -2.39. The van der Waals surface area contributed by atoms with Crippen molar-refractivity contribution in [2.45, 2.75) is 45.2 Å². The number of amides is 1. The number of aliphatic carboxylic acids is 1. The van der Waals surface area contributed by atoms with Gasteiger partial charge in [0.1, 0.15) is 24.5 Å². The standard InChI is InChI=1S/C31H27ClFN5O3/c1-18-6-8-23-25-15-31(20-4-3-5-21(33)13-20,11-10-27(25)37(16-29(39)40)28(23)12-18)35-30(41)24-9-7-22(14-26(24)32)38-17-34-19(2)36-38/h3-9,12-14,17H,10-11,15-16H2,1-2H3,(H,35,41)(H,39,40)/t31-/m1/s1. The number of halogens is 2. The minimum Gasteiger partial charge on any atom is -0.480 e. The molecule has 0 bridgehead atoms. The van der Waals surface area contributed by atoms with Gasteiger partial charge in [-0.05, 0) is 79.8 Å². The summed E-state index contributed by atoms with van der Waals surface area (Å²) in [4.78, 5) is 29.7. The molecule has 1 aliphatic rings. The second-order valence-corrected chi connectivity index (χ2v) is 11.0. The van der Waals surface area contributed by atoms with E-state index in [1.165, 1.54) is 12.1 Å². The fourth-order valence-electron chi connectivity index (χ4n) is 5.90. The highest BCUT2D eigenvalue weighted by molar-refractivity contribution is 6.34. The van der Waals surface area contributed by atoms with Crippen molar-refractivity contribution < 1.29 is 19.1 Å². The molecule has 2 aromatic heterocycles. The SMILES string of the molecule is Cc1ccc2c3c(n(CC(=O)O)c2c1)CC[C@](NC(=O)c1ccc(-n2cnc(C)n2)cc1Cl)(c1cccc(F)c1)C3. The first kappa shape index (κ1) is 26.7. The molecule has 41 heavy (non-hydrogen) atoms. The first-order valence-electron chi connectivity index (χ1n) is 13.2. The normalized spacial score (nSPS) is 16.5. The predicted octanol–water partition coefficient (Wildman–Crippen LogP) is 5.53. The van der Waals surface area contributed by atoms with Gasteiger partial charge in [-0.15, -0.1) is 0 Å². The molecule has 0 unspecified atom stereocenters. The summed E-state index contributed by atoms with van der Waals surface area (Å²) >= 11 is 6.60. The summed E-state index contributed by atoms with van der Waals surface area (Å²) in [6.45, 7) is 3.58. The number of carboxylic acids is 1. The van der Waals surface area contributed by atoms with Gasteiger partial charge < -0.3 is 15.0 Å². The summed E-state index contributed by atoms with van der Waals surface area (Å²) in [5.41, 5.74) is 4.33. The van der Waals surface area contributed by atoms with Gasteiger partial charge in [0.2, 0.25) is 0 Å². The summed E-state index contributed by atoms with van der Waals surface area (Å²) < 4.78 is 18.0. The van der Waals surface area contributed by atoms with Crippen molar-refractivity contribution in [2.75, 3.05) is 0 Å². The number of carbonyl (C=O) groups is 2. The van der Waals surface area contributed by atoms with Crippen LogP contribution in [0.3, 0.4) is 0 Å². The molecule has 5 aromatic rings. The van der Waals surface area contributed by atoms with Crippen molar-refractivity contribution in [1.82, 2.24) is 24.6 Å². The molecule has 6 rings (SSSR count). The van der Waals surface area contributed by atoms with E-state index < -0.39 is 23.2 Å². The molecule has 0 fully saturated rings. The number of nitrogens with one attached hydrogen (secondary N) is 1. The molecule has 208 valence electrons. The van der Waals surface area contributed by atoms with Crippen molar-refractivity contribution >= 4 is 34.4 Å². The van der Waals surface area contributed by atoms with Crippen LogP contribution in [-0.4, -0.2) is 36.3 Å². The number of benzene rings is 3. The van der Waals surface area contributed by atoms with Crippen molar-refractivity contribution in [3.63, 3.8) is 0 Å². The lowest BCUT2D eigenvalue weighted by Crippen LogP contribution is -2.50. The Morgan fingerprint density at radius 3 is 2.66 bits per heavy atom. The van der Waals surface area contributed by atoms with Gasteiger partial charge in [0.25, 0.3) is 5.91 Å². The second-order valence-electron chi connectivity index (χ2n) is 10.5. The first-order chi connectivity index (χ1) is 19.6. The Bertz CT molecular complexity index is 1850. The number of carboxylic acid groups (broad SMARTS) is 1. The van der Waals surface area contributed by atoms with Gasteiger partial charge in [0, 0.05) is 23.0 Å². The van der Waals surface area contributed by atoms with E-state index in [-0.39, 0.29) is 17.1 Å². The molecule has 2 N–H and O–H groups in total. The molecule has 0 radical (unpaired) electrons. The lowest BCUT2D eigenvalue weighted by molar-refractivity contribution is -0.137. The molecule has 2 heterocycles. The van der Waals surface area contributed by atoms with Crippen molar-refractivity contribution in [1.29, 1.82) is 0 Å². The Labute approximate surface area is 240 Å². The lowest BCUT2D eigenvalue weighted by atomic mass is 9.74. The quantitative estimate of drug-likeness (QED) is 0.279. The molecule has 8 nitrogen and oxygen atoms in total. The van der Waals surface area contributed by atoms with Crippen LogP contribution in [0.5, 0.6) is 0 Å². The summed E-state index contributed by atoms with van der Waals surface area (Å²) in [6, 6.07) is 17.3. The maximum absolute atomic E-state index is 14.5. The molecular formula is C31H27ClFN5O3. The minimum absolute atomic E-state index is 0.165. The topological polar surface area (TPSA) is 102 Å². The summed E-state index contributed by atoms with van der Waals surface area (Å²) in [5, 5.41) is 18.3. The molecule has 0 aliphatic heterocycles. The Morgan fingerprint density at radius 2 is 1.95 bits per heavy atom. The van der Waals surface area contributed by atoms with E-state index in [1.54, 1.807) is 42.2 Å². The van der Waals surface area contributed by atoms with Crippen LogP contribution in [0.1, 0.15) is 45.0 Å². The van der Waals surface area contributed by atoms with Gasteiger partial charge >= 0.3 is 5.97 Å². The predicted molar refractivity (Wildman–Crippen MR) is 153 cm³/mol. The second kappa shape index (κ2) is 10.2. The number of fused-ring (bicyclic) bond motifs is 3. The van der Waals surface area contributed by atoms with E-state index in [9.17, 15) is 19.1 Å². The molecular weight excluding hydrogens is 545 g/mol. The molecule has 3 aromatic carbocycles. The third-order valence-electron chi connectivity index (χ3n) is 7.80. The average molecular weight is 572 g/mol. The van der Waals surface area contributed by atoms with Gasteiger partial charge in [-0.25, -0.2) is 14.1 Å². The molecule has 1 amide bonds. The van der Waals surface area contributed by atoms with Crippen molar-refractivity contribution in [2.24, 2.45) is 0 Å². The molecule has 0 saturated heterocycles. The van der Waals surface area contributed by atoms with Crippen LogP contribution < -0.4 is 5.32 Å². The number of carbonyl (C=O) groups excluding carboxylic acids is 1. The van der Waals surface area contributed by atoms with Gasteiger partial charge in [-0.3, -0.25) is 9.59 Å². The van der Waals surface area contributed by atoms with E-state index in [2.05, 4.69) is 15.4 Å². The zero-order valence-electron chi connectivity index (χ0n) is 22.5. The number of aromatic nitrogens is 4. The Morgan fingerprint density at radius 1 is 1.12 bits per heavy atom. The highest BCUT2D eigenvalue weighted by Gasteiger charge is 2.41. The zero-order valence-corrected chi connectivity index (χ0v) is 23.2. The maximum atomic E-state index is 14.5. The molecule has 1 aliphatic carbocycles. The number of hydrogen-bond donors (Lipinski definition) is 2. The van der Waals surface area contributed by atoms with Gasteiger partial charge in [-0.2, -0.15) is 5.10 Å². The average Bonchev–Trinajstić information content (AvgIpc) is 3.49. The third kappa shape index (κ3) is 4.86. The molecule has 10 heteroatoms. The highest BCUT2D eigenvalue weighted by Crippen LogP contribution is 2.42. The van der Waals surface area contributed by atoms with Crippen molar-refractivity contribution in [3.8, 4) is 5.69 Å². The highest BCUT2D eigenvalue weighted by atomic mass is 35.5. The van der Waals surface area contributed by atoms with Crippen LogP contribution in [0.4, 0.5) is 4.39 Å². The molecule has 0 saturated carbocycles. The Balaban J connectivity index is 1.42. The van der Waals surface area contributed by atoms with Crippen molar-refractivity contribution in [3.05, 3.63) is 112 Å². The van der Waals surface area contributed by atoms with Crippen LogP contribution >= 0.6 is 11.6 Å². The summed E-state index contributed by atoms with van der Waals surface area (Å²) in [6.07, 6.45) is 2.86. The smallest absolute Gasteiger partial charge is 0.323 e. The van der Waals surface area contributed by atoms with Crippen LogP contribution in [-0.2, 0) is 29.7 Å². The van der Waals surface area contributed by atoms with Crippen LogP contribution in [0.15, 0.2) is 67.0 Å². The van der Waals surface area contributed by atoms with Crippen LogP contribution in [0.25, 0.3) is 16.6 Å². The minimum atomic E-state index is -0.954. The fraction of sp³-hybridized carbons (Fsp3) is 0.226. The third-order valence-corrected chi connectivity index (χ3v) is 8.11. The maximum Gasteiger partial charge on any atom is 0.323 e. The number of rotatable bonds is 6. The van der Waals surface area contributed by atoms with Crippen LogP contribution in [0, 0.1) is 19.7 Å². The van der Waals surface area contributed by atoms with Gasteiger partial charge in [-0.1, -0.05) is 35.9 Å². The van der Waals surface area contributed by atoms with E-state index in [0.29, 0.717) is 36.3 Å². The zero-order chi connectivity index (χ0) is 28.9. The van der Waals surface area contributed by atoms with Crippen LogP contribution in [0.2, 0.25) is 5.02 Å². The monoisotopic (exact) mass is 571 g/mol. The van der Waals surface area contributed by atoms with E-state index in [4.69, 9.17) is 11.6 Å². The molecule has 1 atom stereocenters. The fourth-order valence-corrected chi connectivity index (χ4v) is 6.16. The van der Waals surface area contributed by atoms with Gasteiger partial charge in [0.15, 0.2) is 0 Å². The Hall–Kier alpha value is -4.50.